The first-order chi connectivity index (χ1) is 10.8. The summed E-state index contributed by atoms with van der Waals surface area (Å²) >= 11 is 0. The van der Waals surface area contributed by atoms with Gasteiger partial charge in [-0.1, -0.05) is 18.2 Å². The number of benzene rings is 1. The van der Waals surface area contributed by atoms with Gasteiger partial charge in [0.2, 0.25) is 5.91 Å². The number of halogens is 2. The molecule has 2 fully saturated rings. The van der Waals surface area contributed by atoms with Crippen LogP contribution in [-0.4, -0.2) is 49.7 Å². The Bertz CT molecular complexity index is 504. The van der Waals surface area contributed by atoms with E-state index in [-0.39, 0.29) is 30.7 Å². The maximum Gasteiger partial charge on any atom is 0.225 e. The first-order valence-electron chi connectivity index (χ1n) is 8.22. The predicted molar refractivity (Wildman–Crippen MR) is 101 cm³/mol. The number of amides is 1. The summed E-state index contributed by atoms with van der Waals surface area (Å²) in [5.74, 6) is 0.105. The zero-order valence-corrected chi connectivity index (χ0v) is 15.5. The first kappa shape index (κ1) is 21.2. The average Bonchev–Trinajstić information content (AvgIpc) is 3.03. The molecule has 2 aliphatic heterocycles. The lowest BCUT2D eigenvalue weighted by Gasteiger charge is -2.27. The fourth-order valence-electron chi connectivity index (χ4n) is 3.14. The number of ether oxygens (including phenoxy) is 1. The number of para-hydroxylation sites is 1. The molecule has 1 aromatic carbocycles. The Morgan fingerprint density at radius 3 is 2.71 bits per heavy atom. The molecule has 2 N–H and O–H groups in total. The molecule has 1 unspecified atom stereocenters. The minimum Gasteiger partial charge on any atom is -0.379 e. The Morgan fingerprint density at radius 2 is 2.00 bits per heavy atom. The lowest BCUT2D eigenvalue weighted by molar-refractivity contribution is -0.116. The second kappa shape index (κ2) is 10.9. The maximum atomic E-state index is 12.2. The van der Waals surface area contributed by atoms with Crippen molar-refractivity contribution in [1.29, 1.82) is 0 Å². The molecule has 0 spiro atoms. The fraction of sp³-hybridized carbons (Fsp3) is 0.588. The summed E-state index contributed by atoms with van der Waals surface area (Å²) in [6.07, 6.45) is 2.83. The molecular weight excluding hydrogens is 349 g/mol. The van der Waals surface area contributed by atoms with Gasteiger partial charge < -0.3 is 15.4 Å². The van der Waals surface area contributed by atoms with E-state index in [4.69, 9.17) is 4.74 Å². The Kier molecular flexibility index (Phi) is 9.63. The van der Waals surface area contributed by atoms with Crippen LogP contribution in [0.1, 0.15) is 24.8 Å². The van der Waals surface area contributed by atoms with Crippen molar-refractivity contribution in [2.24, 2.45) is 0 Å². The minimum atomic E-state index is 0. The molecule has 2 saturated heterocycles. The Morgan fingerprint density at radius 1 is 1.25 bits per heavy atom. The van der Waals surface area contributed by atoms with Gasteiger partial charge in [0.05, 0.1) is 13.2 Å². The highest BCUT2D eigenvalue weighted by molar-refractivity contribution is 5.91. The second-order valence-corrected chi connectivity index (χ2v) is 6.09. The van der Waals surface area contributed by atoms with Crippen molar-refractivity contribution in [3.8, 4) is 0 Å². The van der Waals surface area contributed by atoms with Crippen molar-refractivity contribution in [2.45, 2.75) is 31.8 Å². The van der Waals surface area contributed by atoms with Gasteiger partial charge in [0.25, 0.3) is 0 Å². The van der Waals surface area contributed by atoms with Gasteiger partial charge >= 0.3 is 0 Å². The van der Waals surface area contributed by atoms with Crippen molar-refractivity contribution in [1.82, 2.24) is 10.2 Å². The van der Waals surface area contributed by atoms with Gasteiger partial charge in [-0.25, -0.2) is 0 Å². The third-order valence-corrected chi connectivity index (χ3v) is 4.38. The van der Waals surface area contributed by atoms with Crippen LogP contribution in [0, 0.1) is 0 Å². The third-order valence-electron chi connectivity index (χ3n) is 4.38. The molecule has 24 heavy (non-hydrogen) atoms. The quantitative estimate of drug-likeness (QED) is 0.829. The van der Waals surface area contributed by atoms with Crippen LogP contribution in [0.4, 0.5) is 5.69 Å². The molecule has 1 amide bonds. The van der Waals surface area contributed by atoms with Crippen molar-refractivity contribution >= 4 is 36.4 Å². The highest BCUT2D eigenvalue weighted by Crippen LogP contribution is 2.19. The van der Waals surface area contributed by atoms with E-state index in [1.165, 1.54) is 12.0 Å². The molecule has 136 valence electrons. The number of carbonyl (C=O) groups is 1. The van der Waals surface area contributed by atoms with Crippen molar-refractivity contribution in [3.05, 3.63) is 29.8 Å². The number of anilines is 1. The van der Waals surface area contributed by atoms with Crippen molar-refractivity contribution in [2.75, 3.05) is 38.2 Å². The Balaban J connectivity index is 0.00000144. The standard InChI is InChI=1S/C17H25N3O2.2ClH/c21-17(12-15-5-3-7-18-15)19-16-6-2-1-4-14(16)13-20-8-10-22-11-9-20;;/h1-2,4,6,15,18H,3,5,7-13H2,(H,19,21);2*1H. The van der Waals surface area contributed by atoms with E-state index in [2.05, 4.69) is 21.6 Å². The van der Waals surface area contributed by atoms with E-state index < -0.39 is 0 Å². The van der Waals surface area contributed by atoms with Crippen LogP contribution in [0.3, 0.4) is 0 Å². The zero-order chi connectivity index (χ0) is 15.2. The third kappa shape index (κ3) is 6.22. The summed E-state index contributed by atoms with van der Waals surface area (Å²) < 4.78 is 5.39. The van der Waals surface area contributed by atoms with Gasteiger partial charge in [0, 0.05) is 37.8 Å². The molecule has 0 bridgehead atoms. The topological polar surface area (TPSA) is 53.6 Å². The lowest BCUT2D eigenvalue weighted by atomic mass is 10.1. The molecule has 7 heteroatoms. The monoisotopic (exact) mass is 375 g/mol. The largest absolute Gasteiger partial charge is 0.379 e. The Labute approximate surface area is 156 Å². The first-order valence-corrected chi connectivity index (χ1v) is 8.22. The minimum absolute atomic E-state index is 0. The van der Waals surface area contributed by atoms with Gasteiger partial charge in [0.1, 0.15) is 0 Å². The van der Waals surface area contributed by atoms with Crippen LogP contribution in [0.15, 0.2) is 24.3 Å². The predicted octanol–water partition coefficient (Wildman–Crippen LogP) is 2.44. The van der Waals surface area contributed by atoms with E-state index >= 15 is 0 Å². The second-order valence-electron chi connectivity index (χ2n) is 6.09. The average molecular weight is 376 g/mol. The summed E-state index contributed by atoms with van der Waals surface area (Å²) in [5.41, 5.74) is 2.12. The van der Waals surface area contributed by atoms with Gasteiger partial charge in [0.15, 0.2) is 0 Å². The number of nitrogens with zero attached hydrogens (tertiary/aromatic N) is 1. The van der Waals surface area contributed by atoms with Crippen LogP contribution >= 0.6 is 24.8 Å². The number of hydrogen-bond donors (Lipinski definition) is 2. The summed E-state index contributed by atoms with van der Waals surface area (Å²) in [6, 6.07) is 8.44. The number of hydrogen-bond acceptors (Lipinski definition) is 4. The lowest BCUT2D eigenvalue weighted by Crippen LogP contribution is -2.36. The van der Waals surface area contributed by atoms with Crippen LogP contribution in [-0.2, 0) is 16.1 Å². The van der Waals surface area contributed by atoms with E-state index in [1.54, 1.807) is 0 Å². The Hall–Kier alpha value is -0.850. The summed E-state index contributed by atoms with van der Waals surface area (Å²) in [5, 5.41) is 6.46. The van der Waals surface area contributed by atoms with Gasteiger partial charge in [-0.3, -0.25) is 9.69 Å². The van der Waals surface area contributed by atoms with Crippen LogP contribution < -0.4 is 10.6 Å². The van der Waals surface area contributed by atoms with Crippen LogP contribution in [0.2, 0.25) is 0 Å². The van der Waals surface area contributed by atoms with Crippen LogP contribution in [0.5, 0.6) is 0 Å². The molecule has 5 nitrogen and oxygen atoms in total. The van der Waals surface area contributed by atoms with E-state index in [0.717, 1.165) is 51.5 Å². The molecule has 2 aliphatic rings. The van der Waals surface area contributed by atoms with E-state index in [9.17, 15) is 4.79 Å². The van der Waals surface area contributed by atoms with Crippen LogP contribution in [0.25, 0.3) is 0 Å². The van der Waals surface area contributed by atoms with E-state index in [1.807, 2.05) is 18.2 Å². The normalized spacial score (nSPS) is 20.8. The van der Waals surface area contributed by atoms with Crippen molar-refractivity contribution in [3.63, 3.8) is 0 Å². The summed E-state index contributed by atoms with van der Waals surface area (Å²) in [4.78, 5) is 14.6. The van der Waals surface area contributed by atoms with Gasteiger partial charge in [-0.05, 0) is 31.0 Å². The highest BCUT2D eigenvalue weighted by Gasteiger charge is 2.19. The van der Waals surface area contributed by atoms with Crippen molar-refractivity contribution < 1.29 is 9.53 Å². The molecule has 3 rings (SSSR count). The molecule has 1 atom stereocenters. The summed E-state index contributed by atoms with van der Waals surface area (Å²) in [7, 11) is 0. The number of nitrogens with one attached hydrogen (secondary N) is 2. The van der Waals surface area contributed by atoms with Gasteiger partial charge in [-0.15, -0.1) is 24.8 Å². The number of morpholine rings is 1. The fourth-order valence-corrected chi connectivity index (χ4v) is 3.14. The molecule has 0 aliphatic carbocycles. The molecule has 0 aromatic heterocycles. The number of rotatable bonds is 5. The molecule has 0 saturated carbocycles. The smallest absolute Gasteiger partial charge is 0.225 e. The molecular formula is C17H27Cl2N3O2. The SMILES string of the molecule is Cl.Cl.O=C(CC1CCCN1)Nc1ccccc1CN1CCOCC1. The maximum absolute atomic E-state index is 12.2. The molecule has 0 radical (unpaired) electrons. The van der Waals surface area contributed by atoms with E-state index in [0.29, 0.717) is 12.5 Å². The van der Waals surface area contributed by atoms with Gasteiger partial charge in [-0.2, -0.15) is 0 Å². The highest BCUT2D eigenvalue weighted by atomic mass is 35.5. The summed E-state index contributed by atoms with van der Waals surface area (Å²) in [6.45, 7) is 5.39. The number of carbonyl (C=O) groups excluding carboxylic acids is 1. The molecule has 1 aromatic rings. The zero-order valence-electron chi connectivity index (χ0n) is 13.8. The molecule has 2 heterocycles.